The summed E-state index contributed by atoms with van der Waals surface area (Å²) in [5.74, 6) is -11.0. The van der Waals surface area contributed by atoms with E-state index in [1.165, 1.54) is 75.2 Å². The number of hydrogen-bond acceptors (Lipinski definition) is 14. The van der Waals surface area contributed by atoms with E-state index < -0.39 is 86.8 Å². The molecule has 18 heteroatoms. The molecule has 0 spiro atoms. The van der Waals surface area contributed by atoms with Gasteiger partial charge in [-0.25, -0.2) is 19.2 Å². The van der Waals surface area contributed by atoms with E-state index in [4.69, 9.17) is 18.9 Å². The molecule has 76 heavy (non-hydrogen) atoms. The van der Waals surface area contributed by atoms with Crippen molar-refractivity contribution in [1.29, 1.82) is 0 Å². The van der Waals surface area contributed by atoms with Crippen LogP contribution < -0.4 is 0 Å². The molecular weight excluding hydrogens is 997 g/mol. The number of aliphatic hydroxyl groups is 2. The summed E-state index contributed by atoms with van der Waals surface area (Å²) in [6, 6.07) is 0. The minimum Gasteiger partial charge on any atom is -0.459 e. The van der Waals surface area contributed by atoms with E-state index in [2.05, 4.69) is 22.6 Å². The first kappa shape index (κ1) is 66.2. The van der Waals surface area contributed by atoms with Gasteiger partial charge in [0.05, 0.1) is 22.0 Å². The van der Waals surface area contributed by atoms with Gasteiger partial charge in [0.2, 0.25) is 0 Å². The van der Waals surface area contributed by atoms with Crippen LogP contribution >= 0.6 is 0 Å². The molecular formula is C58H92F4O14. The van der Waals surface area contributed by atoms with Gasteiger partial charge in [0.15, 0.2) is 12.2 Å². The van der Waals surface area contributed by atoms with Crippen molar-refractivity contribution < 1.29 is 85.0 Å². The standard InChI is InChI=1S/C16H26O3.C15H26F2O4.C14H20O3.C13H20F2O4/c1-4-14(2,3)13(17)19-16-8-11-5-12(9-16)7-15(18,6-11)10-16;1-8-10(20-11(18)14(6,7)9-2)15(16,17)12(19)21-13(3,4)5;1-9(2)12(15)17-14-6-10-3-11(7-14)5-13(16,4-10)8-14;1-7-9(18-10(16)8(2)3)13(14,15)11(17)19-12(4,5)6/h11-12,18H,4-10H2,1-3H3;10H,8-9H2,1-7H3;10-11,16H,1,3-8H2,2H3;9H,2,7H2,1,3-6H3. The Labute approximate surface area is 449 Å². The molecule has 8 aliphatic rings. The summed E-state index contributed by atoms with van der Waals surface area (Å²) < 4.78 is 86.3. The molecule has 6 atom stereocenters. The molecule has 0 radical (unpaired) electrons. The minimum atomic E-state index is -3.90. The van der Waals surface area contributed by atoms with Crippen LogP contribution in [0.4, 0.5) is 17.6 Å². The van der Waals surface area contributed by atoms with Crippen molar-refractivity contribution in [3.8, 4) is 0 Å². The smallest absolute Gasteiger partial charge is 0.381 e. The minimum absolute atomic E-state index is 0.0153. The molecule has 2 N–H and O–H groups in total. The lowest BCUT2D eigenvalue weighted by molar-refractivity contribution is -0.225. The highest BCUT2D eigenvalue weighted by Crippen LogP contribution is 2.60. The number of alkyl halides is 4. The van der Waals surface area contributed by atoms with E-state index in [0.717, 1.165) is 57.8 Å². The zero-order chi connectivity index (χ0) is 58.6. The molecule has 8 saturated carbocycles. The Morgan fingerprint density at radius 3 is 1.11 bits per heavy atom. The molecule has 0 saturated heterocycles. The van der Waals surface area contributed by atoms with Gasteiger partial charge in [-0.3, -0.25) is 9.59 Å². The Morgan fingerprint density at radius 2 is 0.816 bits per heavy atom. The van der Waals surface area contributed by atoms with Crippen molar-refractivity contribution in [2.75, 3.05) is 0 Å². The van der Waals surface area contributed by atoms with Gasteiger partial charge in [-0.1, -0.05) is 40.9 Å². The van der Waals surface area contributed by atoms with E-state index in [0.29, 0.717) is 48.5 Å². The third-order valence-electron chi connectivity index (χ3n) is 15.5. The summed E-state index contributed by atoms with van der Waals surface area (Å²) in [5, 5.41) is 21.2. The summed E-state index contributed by atoms with van der Waals surface area (Å²) in [6.45, 7) is 32.5. The molecule has 8 rings (SSSR count). The van der Waals surface area contributed by atoms with E-state index in [9.17, 15) is 56.5 Å². The van der Waals surface area contributed by atoms with Gasteiger partial charge in [0.25, 0.3) is 0 Å². The van der Waals surface area contributed by atoms with E-state index in [-0.39, 0.29) is 36.0 Å². The fourth-order valence-electron chi connectivity index (χ4n) is 11.7. The Kier molecular flexibility index (Phi) is 21.0. The van der Waals surface area contributed by atoms with E-state index >= 15 is 0 Å². The normalized spacial score (nSPS) is 29.0. The summed E-state index contributed by atoms with van der Waals surface area (Å²) in [6.07, 6.45) is 8.30. The fourth-order valence-corrected chi connectivity index (χ4v) is 11.7. The molecule has 6 unspecified atom stereocenters. The number of carbonyl (C=O) groups excluding carboxylic acids is 6. The monoisotopic (exact) mass is 1090 g/mol. The molecule has 0 aromatic rings. The van der Waals surface area contributed by atoms with Crippen LogP contribution in [0.15, 0.2) is 24.3 Å². The van der Waals surface area contributed by atoms with Gasteiger partial charge in [-0.2, -0.15) is 17.6 Å². The number of rotatable bonds is 16. The number of ether oxygens (including phenoxy) is 6. The lowest BCUT2D eigenvalue weighted by atomic mass is 9.52. The topological polar surface area (TPSA) is 198 Å². The maximum atomic E-state index is 14.1. The Hall–Kier alpha value is -4.06. The Morgan fingerprint density at radius 1 is 0.500 bits per heavy atom. The highest BCUT2D eigenvalue weighted by Gasteiger charge is 2.61. The highest BCUT2D eigenvalue weighted by atomic mass is 19.3. The first-order valence-corrected chi connectivity index (χ1v) is 27.2. The van der Waals surface area contributed by atoms with Crippen LogP contribution in [0.5, 0.6) is 0 Å². The largest absolute Gasteiger partial charge is 0.459 e. The van der Waals surface area contributed by atoms with Crippen LogP contribution in [-0.2, 0) is 57.2 Å². The third kappa shape index (κ3) is 17.5. The van der Waals surface area contributed by atoms with Crippen molar-refractivity contribution in [3.63, 3.8) is 0 Å². The molecule has 0 amide bonds. The molecule has 8 aliphatic carbocycles. The van der Waals surface area contributed by atoms with Gasteiger partial charge < -0.3 is 38.6 Å². The molecule has 0 aromatic heterocycles. The third-order valence-corrected chi connectivity index (χ3v) is 15.5. The second kappa shape index (κ2) is 24.1. The first-order valence-electron chi connectivity index (χ1n) is 27.2. The molecule has 0 heterocycles. The van der Waals surface area contributed by atoms with Crippen molar-refractivity contribution in [2.24, 2.45) is 34.5 Å². The zero-order valence-electron chi connectivity index (χ0n) is 48.5. The van der Waals surface area contributed by atoms with Crippen LogP contribution in [0.2, 0.25) is 0 Å². The molecule has 8 bridgehead atoms. The second-order valence-electron chi connectivity index (χ2n) is 26.4. The number of halogens is 4. The fraction of sp³-hybridized carbons (Fsp3) is 0.828. The number of carbonyl (C=O) groups is 6. The lowest BCUT2D eigenvalue weighted by Gasteiger charge is -2.59. The van der Waals surface area contributed by atoms with Crippen LogP contribution in [0, 0.1) is 34.5 Å². The van der Waals surface area contributed by atoms with Gasteiger partial charge >= 0.3 is 47.7 Å². The van der Waals surface area contributed by atoms with Gasteiger partial charge in [-0.05, 0) is 197 Å². The first-order chi connectivity index (χ1) is 34.3. The second-order valence-corrected chi connectivity index (χ2v) is 26.4. The van der Waals surface area contributed by atoms with Crippen LogP contribution in [0.1, 0.15) is 214 Å². The quantitative estimate of drug-likeness (QED) is 0.0640. The number of hydrogen-bond donors (Lipinski definition) is 2. The Bertz CT molecular complexity index is 2100. The summed E-state index contributed by atoms with van der Waals surface area (Å²) in [4.78, 5) is 70.3. The highest BCUT2D eigenvalue weighted by molar-refractivity contribution is 5.88. The summed E-state index contributed by atoms with van der Waals surface area (Å²) in [5.41, 5.74) is -4.81. The molecule has 14 nitrogen and oxygen atoms in total. The Balaban J connectivity index is 0.000000267. The zero-order valence-corrected chi connectivity index (χ0v) is 48.5. The maximum absolute atomic E-state index is 14.1. The maximum Gasteiger partial charge on any atom is 0.381 e. The summed E-state index contributed by atoms with van der Waals surface area (Å²) in [7, 11) is 0. The van der Waals surface area contributed by atoms with Gasteiger partial charge in [-0.15, -0.1) is 0 Å². The van der Waals surface area contributed by atoms with E-state index in [1.54, 1.807) is 27.7 Å². The SMILES string of the molecule is C=C(C)C(=O)OC(CC)C(F)(F)C(=O)OC(C)(C)C.C=C(C)C(=O)OC12CC3CC(CC(O)(C3)C1)C2.CCC(C)(C)C(=O)OC12CC3CC(CC(O)(C3)C1)C2.CCC(OC(=O)C(C)(C)CC)C(F)(F)C(=O)OC(C)(C)C. The van der Waals surface area contributed by atoms with Crippen molar-refractivity contribution in [2.45, 2.75) is 271 Å². The van der Waals surface area contributed by atoms with Crippen LogP contribution in [-0.4, -0.2) is 104 Å². The number of esters is 6. The van der Waals surface area contributed by atoms with Crippen molar-refractivity contribution in [3.05, 3.63) is 24.3 Å². The van der Waals surface area contributed by atoms with Crippen molar-refractivity contribution >= 4 is 35.8 Å². The van der Waals surface area contributed by atoms with Gasteiger partial charge in [0, 0.05) is 24.0 Å². The molecule has 8 fully saturated rings. The predicted molar refractivity (Wildman–Crippen MR) is 277 cm³/mol. The average Bonchev–Trinajstić information content (AvgIpc) is 3.24. The predicted octanol–water partition coefficient (Wildman–Crippen LogP) is 11.8. The van der Waals surface area contributed by atoms with Crippen molar-refractivity contribution in [1.82, 2.24) is 0 Å². The molecule has 436 valence electrons. The van der Waals surface area contributed by atoms with Gasteiger partial charge in [0.1, 0.15) is 22.4 Å². The molecule has 0 aliphatic heterocycles. The molecule has 0 aromatic carbocycles. The lowest BCUT2D eigenvalue weighted by Crippen LogP contribution is -2.61. The van der Waals surface area contributed by atoms with Crippen LogP contribution in [0.3, 0.4) is 0 Å². The van der Waals surface area contributed by atoms with E-state index in [1.807, 2.05) is 20.8 Å². The van der Waals surface area contributed by atoms with Crippen LogP contribution in [0.25, 0.3) is 0 Å². The average molecular weight is 1090 g/mol. The summed E-state index contributed by atoms with van der Waals surface area (Å²) >= 11 is 0.